The molecule has 2 aromatic heterocycles. The standard InChI is InChI=1S/C19H18F5N5S/c20-17(21)30-18-26-14-3-1-2-4-15(14)29(18)12-27-7-9-28(10-8-27)16-6-5-13(11-25-16)19(22,23)24/h1-6,11,17H,7-10,12H2. The molecule has 11 heteroatoms. The number of hydrogen-bond acceptors (Lipinski definition) is 5. The molecular formula is C19H18F5N5S. The van der Waals surface area contributed by atoms with E-state index in [2.05, 4.69) is 14.9 Å². The second kappa shape index (κ2) is 8.38. The number of aromatic nitrogens is 3. The van der Waals surface area contributed by atoms with Crippen molar-refractivity contribution in [2.45, 2.75) is 23.8 Å². The van der Waals surface area contributed by atoms with E-state index in [1.165, 1.54) is 6.07 Å². The Balaban J connectivity index is 1.44. The van der Waals surface area contributed by atoms with E-state index in [4.69, 9.17) is 0 Å². The number of piperazine rings is 1. The van der Waals surface area contributed by atoms with E-state index in [1.54, 1.807) is 10.6 Å². The highest BCUT2D eigenvalue weighted by Gasteiger charge is 2.31. The number of rotatable bonds is 5. The number of para-hydroxylation sites is 2. The first-order valence-electron chi connectivity index (χ1n) is 9.22. The first-order chi connectivity index (χ1) is 14.3. The van der Waals surface area contributed by atoms with Gasteiger partial charge in [0.05, 0.1) is 23.3 Å². The lowest BCUT2D eigenvalue weighted by atomic mass is 10.2. The normalized spacial score (nSPS) is 16.0. The molecule has 0 saturated carbocycles. The summed E-state index contributed by atoms with van der Waals surface area (Å²) >= 11 is 0.420. The molecule has 160 valence electrons. The van der Waals surface area contributed by atoms with Crippen molar-refractivity contribution in [3.05, 3.63) is 48.2 Å². The molecule has 3 heterocycles. The van der Waals surface area contributed by atoms with Gasteiger partial charge in [0.15, 0.2) is 5.16 Å². The van der Waals surface area contributed by atoms with Crippen molar-refractivity contribution in [2.24, 2.45) is 0 Å². The minimum absolute atomic E-state index is 0.262. The molecule has 0 amide bonds. The number of imidazole rings is 1. The zero-order valence-electron chi connectivity index (χ0n) is 15.7. The average molecular weight is 443 g/mol. The fourth-order valence-electron chi connectivity index (χ4n) is 3.42. The molecule has 5 nitrogen and oxygen atoms in total. The van der Waals surface area contributed by atoms with E-state index in [-0.39, 0.29) is 5.16 Å². The molecule has 1 aliphatic heterocycles. The van der Waals surface area contributed by atoms with Gasteiger partial charge >= 0.3 is 6.18 Å². The number of anilines is 1. The summed E-state index contributed by atoms with van der Waals surface area (Å²) in [6.07, 6.45) is -3.57. The predicted molar refractivity (Wildman–Crippen MR) is 105 cm³/mol. The minimum atomic E-state index is -4.41. The van der Waals surface area contributed by atoms with Gasteiger partial charge in [0.1, 0.15) is 5.82 Å². The van der Waals surface area contributed by atoms with Crippen LogP contribution in [0.3, 0.4) is 0 Å². The van der Waals surface area contributed by atoms with Gasteiger partial charge in [-0.25, -0.2) is 9.97 Å². The summed E-state index contributed by atoms with van der Waals surface area (Å²) in [7, 11) is 0. The number of benzene rings is 1. The Kier molecular flexibility index (Phi) is 5.83. The lowest BCUT2D eigenvalue weighted by Crippen LogP contribution is -2.47. The molecule has 0 unspecified atom stereocenters. The molecule has 0 spiro atoms. The molecule has 0 bridgehead atoms. The first-order valence-corrected chi connectivity index (χ1v) is 10.1. The van der Waals surface area contributed by atoms with Crippen LogP contribution in [0.2, 0.25) is 0 Å². The fourth-order valence-corrected chi connectivity index (χ4v) is 4.01. The van der Waals surface area contributed by atoms with Crippen LogP contribution in [0.1, 0.15) is 5.56 Å². The highest BCUT2D eigenvalue weighted by Crippen LogP contribution is 2.30. The molecule has 0 N–H and O–H groups in total. The minimum Gasteiger partial charge on any atom is -0.354 e. The summed E-state index contributed by atoms with van der Waals surface area (Å²) in [5.74, 6) is -2.08. The molecular weight excluding hydrogens is 425 g/mol. The summed E-state index contributed by atoms with van der Waals surface area (Å²) in [5.41, 5.74) is 0.668. The van der Waals surface area contributed by atoms with Crippen LogP contribution in [0, 0.1) is 0 Å². The molecule has 1 fully saturated rings. The van der Waals surface area contributed by atoms with Gasteiger partial charge in [-0.3, -0.25) is 4.90 Å². The maximum absolute atomic E-state index is 13.0. The number of pyridine rings is 1. The molecule has 1 saturated heterocycles. The molecule has 30 heavy (non-hydrogen) atoms. The van der Waals surface area contributed by atoms with Crippen LogP contribution in [0.5, 0.6) is 0 Å². The van der Waals surface area contributed by atoms with Gasteiger partial charge < -0.3 is 9.47 Å². The zero-order chi connectivity index (χ0) is 21.3. The van der Waals surface area contributed by atoms with Crippen LogP contribution in [0.4, 0.5) is 27.8 Å². The largest absolute Gasteiger partial charge is 0.417 e. The van der Waals surface area contributed by atoms with Crippen molar-refractivity contribution < 1.29 is 22.0 Å². The fraction of sp³-hybridized carbons (Fsp3) is 0.368. The Morgan fingerprint density at radius 3 is 2.37 bits per heavy atom. The van der Waals surface area contributed by atoms with Crippen LogP contribution >= 0.6 is 11.8 Å². The lowest BCUT2D eigenvalue weighted by Gasteiger charge is -2.35. The quantitative estimate of drug-likeness (QED) is 0.428. The Morgan fingerprint density at radius 1 is 1.00 bits per heavy atom. The van der Waals surface area contributed by atoms with Crippen LogP contribution in [0.25, 0.3) is 11.0 Å². The van der Waals surface area contributed by atoms with E-state index >= 15 is 0 Å². The van der Waals surface area contributed by atoms with Gasteiger partial charge in [-0.2, -0.15) is 22.0 Å². The van der Waals surface area contributed by atoms with E-state index in [9.17, 15) is 22.0 Å². The summed E-state index contributed by atoms with van der Waals surface area (Å²) in [6, 6.07) is 9.69. The molecule has 4 rings (SSSR count). The lowest BCUT2D eigenvalue weighted by molar-refractivity contribution is -0.137. The molecule has 0 radical (unpaired) electrons. The third kappa shape index (κ3) is 4.51. The van der Waals surface area contributed by atoms with Crippen LogP contribution in [-0.4, -0.2) is 51.4 Å². The maximum atomic E-state index is 13.0. The number of fused-ring (bicyclic) bond motifs is 1. The van der Waals surface area contributed by atoms with E-state index in [1.807, 2.05) is 23.1 Å². The number of thioether (sulfide) groups is 1. The number of hydrogen-bond donors (Lipinski definition) is 0. The van der Waals surface area contributed by atoms with Crippen molar-refractivity contribution >= 4 is 28.6 Å². The summed E-state index contributed by atoms with van der Waals surface area (Å²) < 4.78 is 65.8. The van der Waals surface area contributed by atoms with Gasteiger partial charge in [0, 0.05) is 32.4 Å². The zero-order valence-corrected chi connectivity index (χ0v) is 16.5. The molecule has 1 aliphatic rings. The summed E-state index contributed by atoms with van der Waals surface area (Å²) in [6.45, 7) is 2.79. The number of nitrogens with zero attached hydrogens (tertiary/aromatic N) is 5. The predicted octanol–water partition coefficient (Wildman–Crippen LogP) is 4.54. The van der Waals surface area contributed by atoms with E-state index < -0.39 is 17.5 Å². The Morgan fingerprint density at radius 2 is 1.73 bits per heavy atom. The Labute approximate surface area is 173 Å². The van der Waals surface area contributed by atoms with E-state index in [0.29, 0.717) is 55.9 Å². The van der Waals surface area contributed by atoms with Gasteiger partial charge in [-0.1, -0.05) is 12.1 Å². The van der Waals surface area contributed by atoms with Crippen molar-refractivity contribution in [1.82, 2.24) is 19.4 Å². The highest BCUT2D eigenvalue weighted by atomic mass is 32.2. The smallest absolute Gasteiger partial charge is 0.354 e. The van der Waals surface area contributed by atoms with Crippen LogP contribution < -0.4 is 4.90 Å². The van der Waals surface area contributed by atoms with Gasteiger partial charge in [-0.05, 0) is 36.0 Å². The van der Waals surface area contributed by atoms with Gasteiger partial charge in [-0.15, -0.1) is 0 Å². The molecule has 0 atom stereocenters. The topological polar surface area (TPSA) is 37.2 Å². The summed E-state index contributed by atoms with van der Waals surface area (Å²) in [4.78, 5) is 12.3. The van der Waals surface area contributed by atoms with Crippen molar-refractivity contribution in [2.75, 3.05) is 31.1 Å². The van der Waals surface area contributed by atoms with Crippen molar-refractivity contribution in [1.29, 1.82) is 0 Å². The second-order valence-electron chi connectivity index (χ2n) is 6.84. The van der Waals surface area contributed by atoms with Gasteiger partial charge in [0.25, 0.3) is 5.76 Å². The SMILES string of the molecule is FC(F)Sc1nc2ccccc2n1CN1CCN(c2ccc(C(F)(F)F)cn2)CC1. The van der Waals surface area contributed by atoms with Crippen LogP contribution in [-0.2, 0) is 12.8 Å². The van der Waals surface area contributed by atoms with Crippen LogP contribution in [0.15, 0.2) is 47.8 Å². The third-order valence-corrected chi connectivity index (χ3v) is 5.63. The Bertz CT molecular complexity index is 997. The monoisotopic (exact) mass is 443 g/mol. The number of halogens is 5. The first kappa shape index (κ1) is 20.9. The molecule has 1 aromatic carbocycles. The van der Waals surface area contributed by atoms with E-state index in [0.717, 1.165) is 17.8 Å². The third-order valence-electron chi connectivity index (χ3n) is 4.93. The second-order valence-corrected chi connectivity index (χ2v) is 7.80. The van der Waals surface area contributed by atoms with Crippen molar-refractivity contribution in [3.63, 3.8) is 0 Å². The maximum Gasteiger partial charge on any atom is 0.417 e. The average Bonchev–Trinajstić information content (AvgIpc) is 3.04. The molecule has 3 aromatic rings. The number of alkyl halides is 5. The Hall–Kier alpha value is -2.40. The molecule has 0 aliphatic carbocycles. The highest BCUT2D eigenvalue weighted by molar-refractivity contribution is 7.99. The van der Waals surface area contributed by atoms with Gasteiger partial charge in [0.2, 0.25) is 0 Å². The van der Waals surface area contributed by atoms with Crippen molar-refractivity contribution in [3.8, 4) is 0 Å². The summed E-state index contributed by atoms with van der Waals surface area (Å²) in [5, 5.41) is 0.262.